The number of alkyl halides is 1. The van der Waals surface area contributed by atoms with Crippen molar-refractivity contribution in [3.63, 3.8) is 0 Å². The molecule has 2 fully saturated rings. The van der Waals surface area contributed by atoms with E-state index >= 15 is 8.78 Å². The van der Waals surface area contributed by atoms with Gasteiger partial charge >= 0.3 is 12.1 Å². The molecule has 318 valence electrons. The van der Waals surface area contributed by atoms with Crippen molar-refractivity contribution in [3.05, 3.63) is 108 Å². The van der Waals surface area contributed by atoms with Gasteiger partial charge in [-0.15, -0.1) is 0 Å². The molecule has 3 heterocycles. The Kier molecular flexibility index (Phi) is 13.7. The highest BCUT2D eigenvalue weighted by Crippen LogP contribution is 2.39. The summed E-state index contributed by atoms with van der Waals surface area (Å²) in [5, 5.41) is 2.87. The molecule has 2 saturated heterocycles. The molecule has 0 spiro atoms. The number of aryl methyl sites for hydroxylation is 1. The zero-order chi connectivity index (χ0) is 42.5. The highest BCUT2D eigenvalue weighted by molar-refractivity contribution is 7.86. The van der Waals surface area contributed by atoms with E-state index in [9.17, 15) is 22.4 Å². The number of benzene rings is 3. The van der Waals surface area contributed by atoms with E-state index in [0.717, 1.165) is 29.3 Å². The van der Waals surface area contributed by atoms with Crippen LogP contribution in [0.4, 0.5) is 22.8 Å². The first-order valence-corrected chi connectivity index (χ1v) is 21.2. The second-order valence-electron chi connectivity index (χ2n) is 16.3. The summed E-state index contributed by atoms with van der Waals surface area (Å²) in [6.07, 6.45) is 0.372. The topological polar surface area (TPSA) is 132 Å². The molecule has 3 aromatic carbocycles. The minimum atomic E-state index is -4.17. The van der Waals surface area contributed by atoms with Crippen LogP contribution in [0, 0.1) is 30.4 Å². The van der Waals surface area contributed by atoms with Gasteiger partial charge in [-0.25, -0.2) is 27.7 Å². The molecule has 2 aliphatic rings. The number of hydrogen-bond acceptors (Lipinski definition) is 8. The highest BCUT2D eigenvalue weighted by atomic mass is 32.2. The third-order valence-electron chi connectivity index (χ3n) is 10.4. The maximum atomic E-state index is 16.1. The third-order valence-corrected chi connectivity index (χ3v) is 11.7. The van der Waals surface area contributed by atoms with E-state index in [0.29, 0.717) is 31.9 Å². The SMILES string of the molecule is Cc1ccc(S(=O)(=O)OCC(C)NC(=O)N(C[C@@H]2CN(C(=O)OC(C)(C)C)C[C@@H]2F)[C@@H](c2nc(-c3cc(F)ccc3F)cn2Cc2ccccc2)C2CCOCC2)cc1. The molecule has 2 aliphatic heterocycles. The van der Waals surface area contributed by atoms with Gasteiger partial charge in [0.15, 0.2) is 0 Å². The highest BCUT2D eigenvalue weighted by Gasteiger charge is 2.43. The number of ether oxygens (including phenoxy) is 2. The van der Waals surface area contributed by atoms with Crippen molar-refractivity contribution in [3.8, 4) is 11.3 Å². The number of halogens is 3. The molecule has 4 aromatic rings. The fourth-order valence-corrected chi connectivity index (χ4v) is 8.38. The molecule has 0 saturated carbocycles. The predicted octanol–water partition coefficient (Wildman–Crippen LogP) is 7.66. The molecule has 4 atom stereocenters. The number of carbonyl (C=O) groups is 2. The number of amides is 3. The lowest BCUT2D eigenvalue weighted by Crippen LogP contribution is -2.52. The Morgan fingerprint density at radius 1 is 1.02 bits per heavy atom. The number of imidazole rings is 1. The van der Waals surface area contributed by atoms with Gasteiger partial charge in [0.2, 0.25) is 0 Å². The van der Waals surface area contributed by atoms with Gasteiger partial charge in [0, 0.05) is 50.5 Å². The van der Waals surface area contributed by atoms with Gasteiger partial charge in [0.1, 0.15) is 29.2 Å². The van der Waals surface area contributed by atoms with Crippen molar-refractivity contribution < 1.29 is 44.8 Å². The molecule has 6 rings (SSSR count). The molecule has 0 radical (unpaired) electrons. The van der Waals surface area contributed by atoms with E-state index in [4.69, 9.17) is 18.6 Å². The number of likely N-dealkylation sites (tertiary alicyclic amines) is 1. The number of hydrogen-bond donors (Lipinski definition) is 1. The molecule has 0 bridgehead atoms. The number of urea groups is 1. The Morgan fingerprint density at radius 3 is 2.39 bits per heavy atom. The van der Waals surface area contributed by atoms with Gasteiger partial charge < -0.3 is 29.2 Å². The van der Waals surface area contributed by atoms with Crippen molar-refractivity contribution in [1.29, 1.82) is 0 Å². The van der Waals surface area contributed by atoms with Crippen molar-refractivity contribution in [1.82, 2.24) is 24.7 Å². The van der Waals surface area contributed by atoms with E-state index in [1.165, 1.54) is 21.9 Å². The largest absolute Gasteiger partial charge is 0.444 e. The van der Waals surface area contributed by atoms with E-state index in [1.807, 2.05) is 37.3 Å². The van der Waals surface area contributed by atoms with Crippen molar-refractivity contribution in [2.24, 2.45) is 11.8 Å². The predicted molar refractivity (Wildman–Crippen MR) is 215 cm³/mol. The molecule has 1 aromatic heterocycles. The van der Waals surface area contributed by atoms with Gasteiger partial charge in [-0.05, 0) is 89.3 Å². The van der Waals surface area contributed by atoms with Crippen molar-refractivity contribution in [2.45, 2.75) is 82.8 Å². The molecule has 59 heavy (non-hydrogen) atoms. The average Bonchev–Trinajstić information content (AvgIpc) is 3.77. The van der Waals surface area contributed by atoms with Crippen LogP contribution in [0.5, 0.6) is 0 Å². The van der Waals surface area contributed by atoms with Crippen LogP contribution in [0.1, 0.15) is 63.5 Å². The van der Waals surface area contributed by atoms with Gasteiger partial charge in [-0.1, -0.05) is 48.0 Å². The fourth-order valence-electron chi connectivity index (χ4n) is 7.39. The number of nitrogens with one attached hydrogen (secondary N) is 1. The van der Waals surface area contributed by atoms with E-state index < -0.39 is 70.3 Å². The first-order chi connectivity index (χ1) is 28.0. The van der Waals surface area contributed by atoms with Crippen LogP contribution in [-0.2, 0) is 30.3 Å². The smallest absolute Gasteiger partial charge is 0.410 e. The van der Waals surface area contributed by atoms with E-state index in [-0.39, 0.29) is 48.2 Å². The maximum absolute atomic E-state index is 16.1. The second kappa shape index (κ2) is 18.6. The molecule has 1 N–H and O–H groups in total. The fraction of sp³-hybridized carbons (Fsp3) is 0.465. The van der Waals surface area contributed by atoms with Crippen LogP contribution in [0.25, 0.3) is 11.3 Å². The molecule has 3 amide bonds. The van der Waals surface area contributed by atoms with Gasteiger partial charge in [-0.3, -0.25) is 4.18 Å². The number of rotatable bonds is 13. The molecule has 0 aliphatic carbocycles. The summed E-state index contributed by atoms with van der Waals surface area (Å²) < 4.78 is 90.6. The quantitative estimate of drug-likeness (QED) is 0.136. The standard InChI is InChI=1S/C43H52F3N5O7S/c1-28-11-14-34(15-12-28)59(54,55)57-27-29(2)47-41(52)51(24-32-23-50(25-37(32)46)42(53)58-43(3,4)5)39(31-17-19-56-20-18-31)40-48-38(35-21-33(44)13-16-36(35)45)26-49(40)22-30-9-7-6-8-10-30/h6-16,21,26,29,31-32,37,39H,17-20,22-25,27H2,1-5H3,(H,47,52)/t29?,32-,37-,39+/m0/s1. The third kappa shape index (κ3) is 11.2. The minimum absolute atomic E-state index is 0.0385. The Bertz CT molecular complexity index is 2180. The van der Waals surface area contributed by atoms with Crippen LogP contribution >= 0.6 is 0 Å². The molecule has 12 nitrogen and oxygen atoms in total. The Balaban J connectivity index is 1.39. The summed E-state index contributed by atoms with van der Waals surface area (Å²) in [5.41, 5.74) is 0.975. The lowest BCUT2D eigenvalue weighted by Gasteiger charge is -2.40. The summed E-state index contributed by atoms with van der Waals surface area (Å²) in [5.74, 6) is -2.17. The van der Waals surface area contributed by atoms with Gasteiger partial charge in [0.05, 0.1) is 35.8 Å². The first-order valence-electron chi connectivity index (χ1n) is 19.8. The van der Waals surface area contributed by atoms with Crippen LogP contribution in [-0.4, -0.2) is 97.2 Å². The van der Waals surface area contributed by atoms with E-state index in [1.54, 1.807) is 50.6 Å². The lowest BCUT2D eigenvalue weighted by molar-refractivity contribution is 0.0234. The van der Waals surface area contributed by atoms with Crippen LogP contribution in [0.2, 0.25) is 0 Å². The van der Waals surface area contributed by atoms with Crippen LogP contribution in [0.3, 0.4) is 0 Å². The van der Waals surface area contributed by atoms with Crippen LogP contribution in [0.15, 0.2) is 83.9 Å². The van der Waals surface area contributed by atoms with Gasteiger partial charge in [-0.2, -0.15) is 8.42 Å². The average molecular weight is 840 g/mol. The normalized spacial score (nSPS) is 18.7. The summed E-state index contributed by atoms with van der Waals surface area (Å²) in [6.45, 7) is 8.65. The zero-order valence-electron chi connectivity index (χ0n) is 33.9. The summed E-state index contributed by atoms with van der Waals surface area (Å²) in [6, 6.07) is 16.3. The molecular formula is C43H52F3N5O7S. The van der Waals surface area contributed by atoms with Crippen LogP contribution < -0.4 is 5.32 Å². The Hall–Kier alpha value is -4.93. The Morgan fingerprint density at radius 2 is 1.71 bits per heavy atom. The zero-order valence-corrected chi connectivity index (χ0v) is 34.8. The Labute approximate surface area is 343 Å². The number of aromatic nitrogens is 2. The molecular weight excluding hydrogens is 788 g/mol. The molecule has 16 heteroatoms. The van der Waals surface area contributed by atoms with Crippen molar-refractivity contribution in [2.75, 3.05) is 39.5 Å². The summed E-state index contributed by atoms with van der Waals surface area (Å²) in [7, 11) is -4.17. The monoisotopic (exact) mass is 839 g/mol. The second-order valence-corrected chi connectivity index (χ2v) is 17.9. The maximum Gasteiger partial charge on any atom is 0.410 e. The van der Waals surface area contributed by atoms with E-state index in [2.05, 4.69) is 5.32 Å². The van der Waals surface area contributed by atoms with Gasteiger partial charge in [0.25, 0.3) is 10.1 Å². The molecule has 1 unspecified atom stereocenters. The summed E-state index contributed by atoms with van der Waals surface area (Å²) in [4.78, 5) is 35.5. The first kappa shape index (κ1) is 43.6. The number of nitrogens with zero attached hydrogens (tertiary/aromatic N) is 4. The minimum Gasteiger partial charge on any atom is -0.444 e. The number of carbonyl (C=O) groups excluding carboxylic acids is 2. The lowest BCUT2D eigenvalue weighted by atomic mass is 9.89. The summed E-state index contributed by atoms with van der Waals surface area (Å²) >= 11 is 0. The van der Waals surface area contributed by atoms with Crippen molar-refractivity contribution >= 4 is 22.2 Å².